The van der Waals surface area contributed by atoms with Crippen molar-refractivity contribution >= 4 is 33.5 Å². The number of carbonyl (C=O) groups is 1. The minimum atomic E-state index is -0.358. The van der Waals surface area contributed by atoms with Gasteiger partial charge in [-0.25, -0.2) is 9.78 Å². The van der Waals surface area contributed by atoms with E-state index in [2.05, 4.69) is 36.5 Å². The lowest BCUT2D eigenvalue weighted by atomic mass is 10.3. The first-order valence-electron chi connectivity index (χ1n) is 4.83. The number of amides is 2. The number of urea groups is 1. The van der Waals surface area contributed by atoms with E-state index in [4.69, 9.17) is 0 Å². The molecule has 6 heteroatoms. The SMILES string of the molecule is O=C(Nc1cccc(Br)c1)Nc1cnccn1. The molecule has 17 heavy (non-hydrogen) atoms. The Morgan fingerprint density at radius 3 is 2.82 bits per heavy atom. The van der Waals surface area contributed by atoms with Crippen LogP contribution in [0.2, 0.25) is 0 Å². The fourth-order valence-corrected chi connectivity index (χ4v) is 1.61. The quantitative estimate of drug-likeness (QED) is 0.894. The number of benzene rings is 1. The summed E-state index contributed by atoms with van der Waals surface area (Å²) in [5.74, 6) is 0.403. The lowest BCUT2D eigenvalue weighted by Crippen LogP contribution is -2.20. The maximum atomic E-state index is 11.6. The van der Waals surface area contributed by atoms with Gasteiger partial charge in [0.2, 0.25) is 0 Å². The molecule has 0 saturated heterocycles. The molecule has 0 atom stereocenters. The molecule has 0 unspecified atom stereocenters. The molecule has 2 N–H and O–H groups in total. The Balaban J connectivity index is 1.98. The summed E-state index contributed by atoms with van der Waals surface area (Å²) in [4.78, 5) is 19.4. The van der Waals surface area contributed by atoms with Crippen molar-refractivity contribution in [1.29, 1.82) is 0 Å². The summed E-state index contributed by atoms with van der Waals surface area (Å²) in [5, 5.41) is 5.25. The van der Waals surface area contributed by atoms with E-state index in [1.807, 2.05) is 12.1 Å². The molecule has 0 radical (unpaired) electrons. The normalized spacial score (nSPS) is 9.71. The number of nitrogens with zero attached hydrogens (tertiary/aromatic N) is 2. The average molecular weight is 293 g/mol. The lowest BCUT2D eigenvalue weighted by Gasteiger charge is -2.06. The second kappa shape index (κ2) is 5.40. The third-order valence-corrected chi connectivity index (χ3v) is 2.38. The average Bonchev–Trinajstić information content (AvgIpc) is 2.30. The van der Waals surface area contributed by atoms with Crippen LogP contribution in [0, 0.1) is 0 Å². The van der Waals surface area contributed by atoms with Crippen molar-refractivity contribution in [2.75, 3.05) is 10.6 Å². The zero-order chi connectivity index (χ0) is 12.1. The van der Waals surface area contributed by atoms with E-state index in [0.717, 1.165) is 4.47 Å². The van der Waals surface area contributed by atoms with Gasteiger partial charge in [-0.05, 0) is 18.2 Å². The first-order chi connectivity index (χ1) is 8.24. The second-order valence-electron chi connectivity index (χ2n) is 3.18. The summed E-state index contributed by atoms with van der Waals surface area (Å²) in [7, 11) is 0. The molecule has 2 rings (SSSR count). The highest BCUT2D eigenvalue weighted by Gasteiger charge is 2.03. The number of hydrogen-bond acceptors (Lipinski definition) is 3. The number of rotatable bonds is 2. The first kappa shape index (κ1) is 11.5. The van der Waals surface area contributed by atoms with Crippen LogP contribution >= 0.6 is 15.9 Å². The van der Waals surface area contributed by atoms with E-state index in [1.165, 1.54) is 18.6 Å². The Bertz CT molecular complexity index is 518. The van der Waals surface area contributed by atoms with Crippen molar-refractivity contribution in [3.63, 3.8) is 0 Å². The van der Waals surface area contributed by atoms with Crippen LogP contribution in [-0.2, 0) is 0 Å². The highest BCUT2D eigenvalue weighted by Crippen LogP contribution is 2.15. The minimum absolute atomic E-state index is 0.358. The zero-order valence-corrected chi connectivity index (χ0v) is 10.3. The van der Waals surface area contributed by atoms with Crippen LogP contribution in [-0.4, -0.2) is 16.0 Å². The minimum Gasteiger partial charge on any atom is -0.308 e. The van der Waals surface area contributed by atoms with Crippen LogP contribution in [0.25, 0.3) is 0 Å². The summed E-state index contributed by atoms with van der Waals surface area (Å²) < 4.78 is 0.898. The summed E-state index contributed by atoms with van der Waals surface area (Å²) in [6.07, 6.45) is 4.52. The molecule has 0 saturated carbocycles. The zero-order valence-electron chi connectivity index (χ0n) is 8.72. The van der Waals surface area contributed by atoms with Crippen LogP contribution in [0.4, 0.5) is 16.3 Å². The van der Waals surface area contributed by atoms with Crippen molar-refractivity contribution in [3.05, 3.63) is 47.3 Å². The van der Waals surface area contributed by atoms with Crippen LogP contribution in [0.3, 0.4) is 0 Å². The van der Waals surface area contributed by atoms with Crippen LogP contribution in [0.15, 0.2) is 47.3 Å². The highest BCUT2D eigenvalue weighted by molar-refractivity contribution is 9.10. The lowest BCUT2D eigenvalue weighted by molar-refractivity contribution is 0.262. The third kappa shape index (κ3) is 3.53. The van der Waals surface area contributed by atoms with E-state index < -0.39 is 0 Å². The molecular formula is C11H9BrN4O. The molecular weight excluding hydrogens is 284 g/mol. The van der Waals surface area contributed by atoms with Gasteiger partial charge in [0.05, 0.1) is 6.20 Å². The van der Waals surface area contributed by atoms with Crippen LogP contribution < -0.4 is 10.6 Å². The van der Waals surface area contributed by atoms with Crippen molar-refractivity contribution in [2.45, 2.75) is 0 Å². The van der Waals surface area contributed by atoms with Gasteiger partial charge in [-0.15, -0.1) is 0 Å². The molecule has 1 aromatic carbocycles. The van der Waals surface area contributed by atoms with Crippen molar-refractivity contribution < 1.29 is 4.79 Å². The number of nitrogens with one attached hydrogen (secondary N) is 2. The fourth-order valence-electron chi connectivity index (χ4n) is 1.21. The topological polar surface area (TPSA) is 66.9 Å². The van der Waals surface area contributed by atoms with Crippen molar-refractivity contribution in [3.8, 4) is 0 Å². The largest absolute Gasteiger partial charge is 0.324 e. The molecule has 0 spiro atoms. The Labute approximate surface area is 106 Å². The van der Waals surface area contributed by atoms with Gasteiger partial charge >= 0.3 is 6.03 Å². The highest BCUT2D eigenvalue weighted by atomic mass is 79.9. The van der Waals surface area contributed by atoms with E-state index >= 15 is 0 Å². The van der Waals surface area contributed by atoms with Crippen LogP contribution in [0.1, 0.15) is 0 Å². The summed E-state index contributed by atoms with van der Waals surface area (Å²) in [5.41, 5.74) is 0.695. The van der Waals surface area contributed by atoms with Gasteiger partial charge in [0.1, 0.15) is 0 Å². The molecule has 0 bridgehead atoms. The molecule has 0 fully saturated rings. The van der Waals surface area contributed by atoms with Gasteiger partial charge in [0.25, 0.3) is 0 Å². The monoisotopic (exact) mass is 292 g/mol. The maximum Gasteiger partial charge on any atom is 0.324 e. The number of hydrogen-bond donors (Lipinski definition) is 2. The summed E-state index contributed by atoms with van der Waals surface area (Å²) in [6.45, 7) is 0. The van der Waals surface area contributed by atoms with E-state index in [-0.39, 0.29) is 6.03 Å². The Morgan fingerprint density at radius 1 is 1.24 bits per heavy atom. The second-order valence-corrected chi connectivity index (χ2v) is 4.10. The molecule has 2 amide bonds. The molecule has 0 aliphatic carbocycles. The van der Waals surface area contributed by atoms with Gasteiger partial charge in [-0.3, -0.25) is 10.3 Å². The van der Waals surface area contributed by atoms with Crippen molar-refractivity contribution in [2.24, 2.45) is 0 Å². The predicted octanol–water partition coefficient (Wildman–Crippen LogP) is 2.88. The smallest absolute Gasteiger partial charge is 0.308 e. The molecule has 2 aromatic rings. The number of anilines is 2. The maximum absolute atomic E-state index is 11.6. The van der Waals surface area contributed by atoms with Gasteiger partial charge < -0.3 is 5.32 Å². The number of halogens is 1. The summed E-state index contributed by atoms with van der Waals surface area (Å²) in [6, 6.07) is 6.95. The van der Waals surface area contributed by atoms with Crippen LogP contribution in [0.5, 0.6) is 0 Å². The Morgan fingerprint density at radius 2 is 2.12 bits per heavy atom. The third-order valence-electron chi connectivity index (χ3n) is 1.89. The number of carbonyl (C=O) groups excluding carboxylic acids is 1. The molecule has 0 aliphatic heterocycles. The Kier molecular flexibility index (Phi) is 3.66. The van der Waals surface area contributed by atoms with Gasteiger partial charge in [0.15, 0.2) is 5.82 Å². The predicted molar refractivity (Wildman–Crippen MR) is 68.8 cm³/mol. The molecule has 1 heterocycles. The molecule has 1 aromatic heterocycles. The molecule has 5 nitrogen and oxygen atoms in total. The first-order valence-corrected chi connectivity index (χ1v) is 5.63. The molecule has 86 valence electrons. The van der Waals surface area contributed by atoms with Gasteiger partial charge in [-0.2, -0.15) is 0 Å². The van der Waals surface area contributed by atoms with E-state index in [9.17, 15) is 4.79 Å². The number of aromatic nitrogens is 2. The molecule has 0 aliphatic rings. The summed E-state index contributed by atoms with van der Waals surface area (Å²) >= 11 is 3.32. The van der Waals surface area contributed by atoms with Gasteiger partial charge in [-0.1, -0.05) is 22.0 Å². The fraction of sp³-hybridized carbons (Fsp3) is 0. The Hall–Kier alpha value is -1.95. The van der Waals surface area contributed by atoms with E-state index in [0.29, 0.717) is 11.5 Å². The van der Waals surface area contributed by atoms with Gasteiger partial charge in [0, 0.05) is 22.6 Å². The van der Waals surface area contributed by atoms with Crippen molar-refractivity contribution in [1.82, 2.24) is 9.97 Å². The van der Waals surface area contributed by atoms with E-state index in [1.54, 1.807) is 12.1 Å². The standard InChI is InChI=1S/C11H9BrN4O/c12-8-2-1-3-9(6-8)15-11(17)16-10-7-13-4-5-14-10/h1-7H,(H2,14,15,16,17).